The van der Waals surface area contributed by atoms with Gasteiger partial charge in [0.25, 0.3) is 0 Å². The second kappa shape index (κ2) is 6.69. The summed E-state index contributed by atoms with van der Waals surface area (Å²) in [6.45, 7) is 1.02. The van der Waals surface area contributed by atoms with E-state index >= 15 is 0 Å². The molecule has 1 aliphatic rings. The molecule has 2 N–H and O–H groups in total. The minimum atomic E-state index is 0.0647. The number of nitrogens with one attached hydrogen (secondary N) is 2. The molecule has 1 saturated heterocycles. The first-order valence-corrected chi connectivity index (χ1v) is 8.76. The molecule has 1 atom stereocenters. The number of para-hydroxylation sites is 2. The standard InChI is InChI=1S/C20H22N4O/c1-24-18-7-3-2-6-17(18)23-20(24)14-8-10-15(11-9-14)22-19(25)13-16-5-4-12-21-16/h2-3,6-11,16,21H,4-5,12-13H2,1H3,(H,22,25). The summed E-state index contributed by atoms with van der Waals surface area (Å²) in [6, 6.07) is 16.3. The van der Waals surface area contributed by atoms with Crippen LogP contribution in [-0.2, 0) is 11.8 Å². The number of carbonyl (C=O) groups excluding carboxylic acids is 1. The summed E-state index contributed by atoms with van der Waals surface area (Å²) >= 11 is 0. The molecule has 1 unspecified atom stereocenters. The number of imidazole rings is 1. The summed E-state index contributed by atoms with van der Waals surface area (Å²) in [5.74, 6) is 0.990. The molecule has 2 aromatic carbocycles. The molecule has 0 bridgehead atoms. The van der Waals surface area contributed by atoms with Crippen LogP contribution in [0.4, 0.5) is 5.69 Å². The molecule has 5 heteroatoms. The molecule has 0 saturated carbocycles. The highest BCUT2D eigenvalue weighted by molar-refractivity contribution is 5.91. The van der Waals surface area contributed by atoms with Gasteiger partial charge in [-0.1, -0.05) is 12.1 Å². The van der Waals surface area contributed by atoms with Crippen LogP contribution < -0.4 is 10.6 Å². The minimum Gasteiger partial charge on any atom is -0.327 e. The van der Waals surface area contributed by atoms with Gasteiger partial charge in [-0.15, -0.1) is 0 Å². The van der Waals surface area contributed by atoms with Crippen LogP contribution in [0.1, 0.15) is 19.3 Å². The van der Waals surface area contributed by atoms with E-state index in [2.05, 4.69) is 21.3 Å². The van der Waals surface area contributed by atoms with E-state index in [9.17, 15) is 4.79 Å². The third-order valence-corrected chi connectivity index (χ3v) is 4.81. The smallest absolute Gasteiger partial charge is 0.225 e. The van der Waals surface area contributed by atoms with Crippen LogP contribution in [0.5, 0.6) is 0 Å². The van der Waals surface area contributed by atoms with E-state index in [0.717, 1.165) is 47.5 Å². The molecule has 1 amide bonds. The maximum atomic E-state index is 12.1. The average Bonchev–Trinajstić information content (AvgIpc) is 3.24. The normalized spacial score (nSPS) is 17.1. The Morgan fingerprint density at radius 1 is 1.24 bits per heavy atom. The lowest BCUT2D eigenvalue weighted by Crippen LogP contribution is -2.27. The fourth-order valence-electron chi connectivity index (χ4n) is 3.47. The molecule has 5 nitrogen and oxygen atoms in total. The first-order valence-electron chi connectivity index (χ1n) is 8.76. The van der Waals surface area contributed by atoms with Crippen molar-refractivity contribution < 1.29 is 4.79 Å². The summed E-state index contributed by atoms with van der Waals surface area (Å²) in [4.78, 5) is 16.8. The van der Waals surface area contributed by atoms with E-state index in [1.165, 1.54) is 0 Å². The zero-order valence-corrected chi connectivity index (χ0v) is 14.3. The molecular formula is C20H22N4O. The van der Waals surface area contributed by atoms with Crippen LogP contribution in [-0.4, -0.2) is 28.0 Å². The number of aryl methyl sites for hydroxylation is 1. The maximum Gasteiger partial charge on any atom is 0.225 e. The molecule has 1 fully saturated rings. The van der Waals surface area contributed by atoms with Gasteiger partial charge in [-0.3, -0.25) is 4.79 Å². The van der Waals surface area contributed by atoms with Crippen molar-refractivity contribution in [2.45, 2.75) is 25.3 Å². The number of benzene rings is 2. The number of fused-ring (bicyclic) bond motifs is 1. The van der Waals surface area contributed by atoms with Gasteiger partial charge in [0.05, 0.1) is 11.0 Å². The largest absolute Gasteiger partial charge is 0.327 e. The quantitative estimate of drug-likeness (QED) is 0.769. The lowest BCUT2D eigenvalue weighted by molar-refractivity contribution is -0.116. The minimum absolute atomic E-state index is 0.0647. The zero-order chi connectivity index (χ0) is 17.2. The van der Waals surface area contributed by atoms with Crippen molar-refractivity contribution in [1.29, 1.82) is 0 Å². The van der Waals surface area contributed by atoms with Gasteiger partial charge in [-0.2, -0.15) is 0 Å². The molecule has 128 valence electrons. The highest BCUT2D eigenvalue weighted by atomic mass is 16.1. The van der Waals surface area contributed by atoms with E-state index < -0.39 is 0 Å². The highest BCUT2D eigenvalue weighted by Crippen LogP contribution is 2.24. The summed E-state index contributed by atoms with van der Waals surface area (Å²) in [5.41, 5.74) is 3.96. The van der Waals surface area contributed by atoms with Gasteiger partial charge < -0.3 is 15.2 Å². The van der Waals surface area contributed by atoms with Crippen molar-refractivity contribution in [3.8, 4) is 11.4 Å². The Kier molecular flexibility index (Phi) is 4.24. The second-order valence-corrected chi connectivity index (χ2v) is 6.61. The van der Waals surface area contributed by atoms with Crippen molar-refractivity contribution in [2.75, 3.05) is 11.9 Å². The molecule has 0 spiro atoms. The monoisotopic (exact) mass is 334 g/mol. The zero-order valence-electron chi connectivity index (χ0n) is 14.3. The SMILES string of the molecule is Cn1c(-c2ccc(NC(=O)CC3CCCN3)cc2)nc2ccccc21. The van der Waals surface area contributed by atoms with E-state index in [-0.39, 0.29) is 5.91 Å². The van der Waals surface area contributed by atoms with Crippen molar-refractivity contribution in [1.82, 2.24) is 14.9 Å². The Hall–Kier alpha value is -2.66. The Labute approximate surface area is 147 Å². The fraction of sp³-hybridized carbons (Fsp3) is 0.300. The van der Waals surface area contributed by atoms with Gasteiger partial charge in [0.1, 0.15) is 5.82 Å². The molecule has 4 rings (SSSR count). The summed E-state index contributed by atoms with van der Waals surface area (Å²) < 4.78 is 2.09. The van der Waals surface area contributed by atoms with Crippen LogP contribution in [0.25, 0.3) is 22.4 Å². The Morgan fingerprint density at radius 3 is 2.76 bits per heavy atom. The molecule has 25 heavy (non-hydrogen) atoms. The van der Waals surface area contributed by atoms with Crippen molar-refractivity contribution in [3.05, 3.63) is 48.5 Å². The molecule has 3 aromatic rings. The van der Waals surface area contributed by atoms with Gasteiger partial charge in [0.2, 0.25) is 5.91 Å². The number of rotatable bonds is 4. The summed E-state index contributed by atoms with van der Waals surface area (Å²) in [7, 11) is 2.02. The van der Waals surface area contributed by atoms with Gasteiger partial charge in [0, 0.05) is 30.8 Å². The Bertz CT molecular complexity index is 892. The van der Waals surface area contributed by atoms with Crippen molar-refractivity contribution in [3.63, 3.8) is 0 Å². The van der Waals surface area contributed by atoms with Crippen molar-refractivity contribution in [2.24, 2.45) is 7.05 Å². The average molecular weight is 334 g/mol. The summed E-state index contributed by atoms with van der Waals surface area (Å²) in [6.07, 6.45) is 2.77. The Morgan fingerprint density at radius 2 is 2.04 bits per heavy atom. The maximum absolute atomic E-state index is 12.1. The second-order valence-electron chi connectivity index (χ2n) is 6.61. The van der Waals surface area contributed by atoms with Crippen LogP contribution in [0.3, 0.4) is 0 Å². The lowest BCUT2D eigenvalue weighted by atomic mass is 10.1. The molecular weight excluding hydrogens is 312 g/mol. The molecule has 2 heterocycles. The van der Waals surface area contributed by atoms with Gasteiger partial charge in [-0.25, -0.2) is 4.98 Å². The van der Waals surface area contributed by atoms with Gasteiger partial charge >= 0.3 is 0 Å². The van der Waals surface area contributed by atoms with Gasteiger partial charge in [0.15, 0.2) is 0 Å². The van der Waals surface area contributed by atoms with E-state index in [1.54, 1.807) is 0 Å². The fourth-order valence-corrected chi connectivity index (χ4v) is 3.47. The van der Waals surface area contributed by atoms with Crippen LogP contribution >= 0.6 is 0 Å². The lowest BCUT2D eigenvalue weighted by Gasteiger charge is -2.11. The van der Waals surface area contributed by atoms with E-state index in [4.69, 9.17) is 4.98 Å². The number of amides is 1. The predicted octanol–water partition coefficient (Wildman–Crippen LogP) is 3.32. The Balaban J connectivity index is 1.49. The number of aromatic nitrogens is 2. The molecule has 1 aliphatic heterocycles. The number of anilines is 1. The van der Waals surface area contributed by atoms with E-state index in [0.29, 0.717) is 12.5 Å². The molecule has 1 aromatic heterocycles. The van der Waals surface area contributed by atoms with Crippen LogP contribution in [0.15, 0.2) is 48.5 Å². The number of carbonyl (C=O) groups is 1. The predicted molar refractivity (Wildman–Crippen MR) is 100 cm³/mol. The van der Waals surface area contributed by atoms with Crippen LogP contribution in [0.2, 0.25) is 0 Å². The number of nitrogens with zero attached hydrogens (tertiary/aromatic N) is 2. The number of hydrogen-bond donors (Lipinski definition) is 2. The molecule has 0 radical (unpaired) electrons. The van der Waals surface area contributed by atoms with Crippen molar-refractivity contribution >= 4 is 22.6 Å². The van der Waals surface area contributed by atoms with Gasteiger partial charge in [-0.05, 0) is 55.8 Å². The third-order valence-electron chi connectivity index (χ3n) is 4.81. The highest BCUT2D eigenvalue weighted by Gasteiger charge is 2.17. The first-order chi connectivity index (χ1) is 12.2. The van der Waals surface area contributed by atoms with E-state index in [1.807, 2.05) is 49.5 Å². The number of hydrogen-bond acceptors (Lipinski definition) is 3. The van der Waals surface area contributed by atoms with Crippen LogP contribution in [0, 0.1) is 0 Å². The third kappa shape index (κ3) is 3.28. The topological polar surface area (TPSA) is 59.0 Å². The first kappa shape index (κ1) is 15.8. The molecule has 0 aliphatic carbocycles. The summed E-state index contributed by atoms with van der Waals surface area (Å²) in [5, 5.41) is 6.33.